The first kappa shape index (κ1) is 14.0. The Labute approximate surface area is 123 Å². The molecule has 0 radical (unpaired) electrons. The van der Waals surface area contributed by atoms with E-state index in [-0.39, 0.29) is 23.7 Å². The highest BCUT2D eigenvalue weighted by Gasteiger charge is 2.17. The van der Waals surface area contributed by atoms with Gasteiger partial charge in [-0.1, -0.05) is 27.5 Å². The highest BCUT2D eigenvalue weighted by Crippen LogP contribution is 2.22. The van der Waals surface area contributed by atoms with Crippen molar-refractivity contribution in [3.05, 3.63) is 51.2 Å². The number of rotatable bonds is 4. The molecule has 0 N–H and O–H groups in total. The zero-order valence-electron chi connectivity index (χ0n) is 10.1. The second-order valence-electron chi connectivity index (χ2n) is 4.02. The fraction of sp³-hybridized carbons (Fsp3) is 0.154. The maximum atomic E-state index is 12.0. The van der Waals surface area contributed by atoms with Crippen LogP contribution >= 0.6 is 27.5 Å². The maximum absolute atomic E-state index is 12.0. The van der Waals surface area contributed by atoms with Crippen molar-refractivity contribution in [3.63, 3.8) is 0 Å². The summed E-state index contributed by atoms with van der Waals surface area (Å²) in [5.74, 6) is -0.627. The fourth-order valence-electron chi connectivity index (χ4n) is 1.61. The summed E-state index contributed by atoms with van der Waals surface area (Å²) in [4.78, 5) is 23.9. The van der Waals surface area contributed by atoms with E-state index in [1.54, 1.807) is 37.5 Å². The maximum Gasteiger partial charge on any atom is 0.190 e. The van der Waals surface area contributed by atoms with Gasteiger partial charge in [0.15, 0.2) is 11.6 Å². The number of halogens is 2. The molecule has 0 unspecified atom stereocenters. The molecule has 0 saturated heterocycles. The van der Waals surface area contributed by atoms with Gasteiger partial charge in [0.05, 0.1) is 11.4 Å². The van der Waals surface area contributed by atoms with Gasteiger partial charge in [-0.2, -0.15) is 5.10 Å². The minimum Gasteiger partial charge on any atom is -0.294 e. The first-order chi connectivity index (χ1) is 8.97. The zero-order chi connectivity index (χ0) is 14.0. The van der Waals surface area contributed by atoms with Crippen LogP contribution in [0.3, 0.4) is 0 Å². The standard InChI is InChI=1S/C13H10BrClN2O2/c1-17-5-4-11(16-17)13(19)7-12(18)9-3-2-8(14)6-10(9)15/h2-6H,7H2,1H3. The van der Waals surface area contributed by atoms with Gasteiger partial charge in [-0.25, -0.2) is 0 Å². The number of carbonyl (C=O) groups is 2. The molecule has 19 heavy (non-hydrogen) atoms. The Morgan fingerprint density at radius 2 is 2.05 bits per heavy atom. The zero-order valence-corrected chi connectivity index (χ0v) is 12.4. The van der Waals surface area contributed by atoms with Crippen LogP contribution in [0.4, 0.5) is 0 Å². The van der Waals surface area contributed by atoms with Crippen molar-refractivity contribution in [2.45, 2.75) is 6.42 Å². The Kier molecular flexibility index (Phi) is 4.17. The fourth-order valence-corrected chi connectivity index (χ4v) is 2.39. The van der Waals surface area contributed by atoms with Crippen LogP contribution in [0.15, 0.2) is 34.9 Å². The van der Waals surface area contributed by atoms with E-state index in [1.807, 2.05) is 0 Å². The second-order valence-corrected chi connectivity index (χ2v) is 5.34. The van der Waals surface area contributed by atoms with Gasteiger partial charge in [0, 0.05) is 23.3 Å². The number of aryl methyl sites for hydroxylation is 1. The molecular weight excluding hydrogens is 332 g/mol. The molecule has 0 bridgehead atoms. The van der Waals surface area contributed by atoms with E-state index in [4.69, 9.17) is 11.6 Å². The molecule has 0 aliphatic carbocycles. The first-order valence-corrected chi connectivity index (χ1v) is 6.65. The molecule has 0 aliphatic rings. The summed E-state index contributed by atoms with van der Waals surface area (Å²) < 4.78 is 2.30. The second kappa shape index (κ2) is 5.67. The predicted octanol–water partition coefficient (Wildman–Crippen LogP) is 3.29. The van der Waals surface area contributed by atoms with E-state index < -0.39 is 0 Å². The molecule has 98 valence electrons. The van der Waals surface area contributed by atoms with Gasteiger partial charge in [0.2, 0.25) is 0 Å². The number of hydrogen-bond donors (Lipinski definition) is 0. The van der Waals surface area contributed by atoms with E-state index in [0.29, 0.717) is 10.6 Å². The van der Waals surface area contributed by atoms with Crippen LogP contribution in [0.1, 0.15) is 27.3 Å². The summed E-state index contributed by atoms with van der Waals surface area (Å²) in [6, 6.07) is 6.52. The highest BCUT2D eigenvalue weighted by molar-refractivity contribution is 9.10. The number of aromatic nitrogens is 2. The Balaban J connectivity index is 2.15. The summed E-state index contributed by atoms with van der Waals surface area (Å²) in [5.41, 5.74) is 0.623. The molecular formula is C13H10BrClN2O2. The predicted molar refractivity (Wildman–Crippen MR) is 75.6 cm³/mol. The van der Waals surface area contributed by atoms with Crippen LogP contribution in [0.5, 0.6) is 0 Å². The van der Waals surface area contributed by atoms with E-state index in [9.17, 15) is 9.59 Å². The summed E-state index contributed by atoms with van der Waals surface area (Å²) in [6.45, 7) is 0. The number of benzene rings is 1. The smallest absolute Gasteiger partial charge is 0.190 e. The van der Waals surface area contributed by atoms with Crippen molar-refractivity contribution in [2.75, 3.05) is 0 Å². The first-order valence-electron chi connectivity index (χ1n) is 5.48. The van der Waals surface area contributed by atoms with Gasteiger partial charge in [-0.3, -0.25) is 14.3 Å². The van der Waals surface area contributed by atoms with Crippen molar-refractivity contribution in [1.82, 2.24) is 9.78 Å². The average molecular weight is 342 g/mol. The molecule has 0 atom stereocenters. The van der Waals surface area contributed by atoms with Gasteiger partial charge in [-0.15, -0.1) is 0 Å². The third-order valence-corrected chi connectivity index (χ3v) is 3.36. The summed E-state index contributed by atoms with van der Waals surface area (Å²) in [6.07, 6.45) is 1.42. The monoisotopic (exact) mass is 340 g/mol. The van der Waals surface area contributed by atoms with E-state index in [2.05, 4.69) is 21.0 Å². The van der Waals surface area contributed by atoms with Crippen LogP contribution < -0.4 is 0 Å². The quantitative estimate of drug-likeness (QED) is 0.633. The van der Waals surface area contributed by atoms with E-state index in [0.717, 1.165) is 4.47 Å². The summed E-state index contributed by atoms with van der Waals surface area (Å²) in [5, 5.41) is 4.30. The molecule has 1 aromatic carbocycles. The third-order valence-electron chi connectivity index (χ3n) is 2.55. The molecule has 6 heteroatoms. The molecule has 1 aromatic heterocycles. The van der Waals surface area contributed by atoms with Crippen molar-refractivity contribution < 1.29 is 9.59 Å². The normalized spacial score (nSPS) is 10.5. The number of hydrogen-bond acceptors (Lipinski definition) is 3. The molecule has 4 nitrogen and oxygen atoms in total. The van der Waals surface area contributed by atoms with Crippen LogP contribution in [0.25, 0.3) is 0 Å². The van der Waals surface area contributed by atoms with E-state index >= 15 is 0 Å². The van der Waals surface area contributed by atoms with Crippen LogP contribution in [0, 0.1) is 0 Å². The molecule has 0 amide bonds. The lowest BCUT2D eigenvalue weighted by molar-refractivity contribution is 0.0891. The van der Waals surface area contributed by atoms with Gasteiger partial charge in [0.25, 0.3) is 0 Å². The van der Waals surface area contributed by atoms with Crippen molar-refractivity contribution in [1.29, 1.82) is 0 Å². The lowest BCUT2D eigenvalue weighted by Gasteiger charge is -2.02. The van der Waals surface area contributed by atoms with Crippen LogP contribution in [-0.4, -0.2) is 21.3 Å². The van der Waals surface area contributed by atoms with Crippen LogP contribution in [-0.2, 0) is 7.05 Å². The Hall–Kier alpha value is -1.46. The number of ketones is 2. The average Bonchev–Trinajstić information content (AvgIpc) is 2.75. The number of Topliss-reactive ketones (excluding diaryl/α,β-unsaturated/α-hetero) is 2. The lowest BCUT2D eigenvalue weighted by atomic mass is 10.0. The highest BCUT2D eigenvalue weighted by atomic mass is 79.9. The minimum absolute atomic E-state index is 0.238. The molecule has 0 aliphatic heterocycles. The minimum atomic E-state index is -0.315. The summed E-state index contributed by atoms with van der Waals surface area (Å²) in [7, 11) is 1.71. The molecule has 2 aromatic rings. The number of nitrogens with zero attached hydrogens (tertiary/aromatic N) is 2. The van der Waals surface area contributed by atoms with Crippen LogP contribution in [0.2, 0.25) is 5.02 Å². The molecule has 0 saturated carbocycles. The van der Waals surface area contributed by atoms with Crippen molar-refractivity contribution in [2.24, 2.45) is 7.05 Å². The lowest BCUT2D eigenvalue weighted by Crippen LogP contribution is -2.10. The van der Waals surface area contributed by atoms with Gasteiger partial charge >= 0.3 is 0 Å². The van der Waals surface area contributed by atoms with Gasteiger partial charge in [0.1, 0.15) is 5.69 Å². The van der Waals surface area contributed by atoms with Crippen molar-refractivity contribution in [3.8, 4) is 0 Å². The Bertz CT molecular complexity index is 652. The molecule has 0 spiro atoms. The Morgan fingerprint density at radius 3 is 2.63 bits per heavy atom. The molecule has 0 fully saturated rings. The van der Waals surface area contributed by atoms with E-state index in [1.165, 1.54) is 4.68 Å². The molecule has 1 heterocycles. The SMILES string of the molecule is Cn1ccc(C(=O)CC(=O)c2ccc(Br)cc2Cl)n1. The largest absolute Gasteiger partial charge is 0.294 e. The molecule has 2 rings (SSSR count). The third kappa shape index (κ3) is 3.30. The topological polar surface area (TPSA) is 52.0 Å². The summed E-state index contributed by atoms with van der Waals surface area (Å²) >= 11 is 9.24. The van der Waals surface area contributed by atoms with Crippen molar-refractivity contribution >= 4 is 39.1 Å². The van der Waals surface area contributed by atoms with Gasteiger partial charge in [-0.05, 0) is 24.3 Å². The number of carbonyl (C=O) groups excluding carboxylic acids is 2. The Morgan fingerprint density at radius 1 is 1.32 bits per heavy atom. The van der Waals surface area contributed by atoms with Gasteiger partial charge < -0.3 is 0 Å².